The topological polar surface area (TPSA) is 132 Å². The number of carbonyl (C=O) groups excluding carboxylic acids is 1. The Morgan fingerprint density at radius 2 is 2.04 bits per heavy atom. The van der Waals surface area contributed by atoms with Crippen molar-refractivity contribution in [3.8, 4) is 0 Å². The lowest BCUT2D eigenvalue weighted by Gasteiger charge is -2.32. The van der Waals surface area contributed by atoms with Gasteiger partial charge in [0, 0.05) is 13.1 Å². The fourth-order valence-electron chi connectivity index (χ4n) is 3.52. The van der Waals surface area contributed by atoms with Crippen molar-refractivity contribution < 1.29 is 19.2 Å². The first kappa shape index (κ1) is 19.5. The van der Waals surface area contributed by atoms with Crippen molar-refractivity contribution in [2.75, 3.05) is 7.05 Å². The van der Waals surface area contributed by atoms with E-state index in [0.717, 1.165) is 32.1 Å². The first-order chi connectivity index (χ1) is 13.5. The van der Waals surface area contributed by atoms with Gasteiger partial charge in [0.05, 0.1) is 16.8 Å². The molecule has 2 heterocycles. The maximum absolute atomic E-state index is 12.6. The van der Waals surface area contributed by atoms with Crippen LogP contribution in [0.5, 0.6) is 0 Å². The zero-order valence-electron chi connectivity index (χ0n) is 15.6. The van der Waals surface area contributed by atoms with E-state index < -0.39 is 16.8 Å². The number of rotatable bonds is 5. The van der Waals surface area contributed by atoms with Crippen molar-refractivity contribution >= 4 is 17.5 Å². The third-order valence-electron chi connectivity index (χ3n) is 5.04. The highest BCUT2D eigenvalue weighted by Gasteiger charge is 2.28. The molecule has 0 spiro atoms. The monoisotopic (exact) mass is 387 g/mol. The molecule has 1 saturated carbocycles. The van der Waals surface area contributed by atoms with Crippen molar-refractivity contribution in [2.24, 2.45) is 5.92 Å². The quantitative estimate of drug-likeness (QED) is 0.453. The largest absolute Gasteiger partial charge is 0.858 e. The molecule has 28 heavy (non-hydrogen) atoms. The molecule has 0 aromatic carbocycles. The van der Waals surface area contributed by atoms with E-state index in [-0.39, 0.29) is 22.9 Å². The van der Waals surface area contributed by atoms with Crippen LogP contribution in [0.15, 0.2) is 40.6 Å². The van der Waals surface area contributed by atoms with E-state index in [1.165, 1.54) is 24.4 Å². The summed E-state index contributed by atoms with van der Waals surface area (Å²) in [5.74, 6) is -0.571. The average Bonchev–Trinajstić information content (AvgIpc) is 3.22. The molecule has 0 saturated heterocycles. The van der Waals surface area contributed by atoms with Crippen molar-refractivity contribution in [1.29, 1.82) is 0 Å². The first-order valence-electron chi connectivity index (χ1n) is 9.28. The summed E-state index contributed by atoms with van der Waals surface area (Å²) < 4.78 is 5.59. The molecule has 0 bridgehead atoms. The Morgan fingerprint density at radius 1 is 1.29 bits per heavy atom. The van der Waals surface area contributed by atoms with E-state index >= 15 is 0 Å². The normalized spacial score (nSPS) is 21.2. The van der Waals surface area contributed by atoms with Crippen molar-refractivity contribution in [1.82, 2.24) is 16.0 Å². The molecule has 150 valence electrons. The van der Waals surface area contributed by atoms with Crippen LogP contribution >= 0.6 is 0 Å². The minimum atomic E-state index is -0.600. The van der Waals surface area contributed by atoms with Gasteiger partial charge in [-0.3, -0.25) is 14.9 Å². The Kier molecular flexibility index (Phi) is 6.03. The van der Waals surface area contributed by atoms with E-state index in [2.05, 4.69) is 16.0 Å². The summed E-state index contributed by atoms with van der Waals surface area (Å²) in [4.78, 5) is 22.5. The van der Waals surface area contributed by atoms with Gasteiger partial charge in [-0.15, -0.1) is 0 Å². The molecule has 0 radical (unpaired) electrons. The number of nitro groups is 1. The smallest absolute Gasteiger partial charge is 0.285 e. The minimum Gasteiger partial charge on any atom is -0.858 e. The zero-order valence-corrected chi connectivity index (χ0v) is 15.6. The number of likely N-dealkylation sites (N-methyl/N-ethyl adjacent to an activating group) is 1. The van der Waals surface area contributed by atoms with E-state index in [1.807, 2.05) is 0 Å². The van der Waals surface area contributed by atoms with Gasteiger partial charge in [-0.25, -0.2) is 0 Å². The van der Waals surface area contributed by atoms with Crippen molar-refractivity contribution in [2.45, 2.75) is 38.1 Å². The summed E-state index contributed by atoms with van der Waals surface area (Å²) in [5, 5.41) is 31.5. The molecular formula is C19H23N4O5-. The molecule has 1 aromatic heterocycles. The minimum absolute atomic E-state index is 0.0748. The second-order valence-electron chi connectivity index (χ2n) is 6.85. The Morgan fingerprint density at radius 3 is 2.64 bits per heavy atom. The highest BCUT2D eigenvalue weighted by atomic mass is 16.6. The van der Waals surface area contributed by atoms with Crippen LogP contribution in [0.4, 0.5) is 0 Å². The molecule has 3 N–H and O–H groups in total. The van der Waals surface area contributed by atoms with Crippen LogP contribution in [0.1, 0.15) is 32.1 Å². The molecular weight excluding hydrogens is 364 g/mol. The Bertz CT molecular complexity index is 924. The highest BCUT2D eigenvalue weighted by Crippen LogP contribution is 2.26. The van der Waals surface area contributed by atoms with E-state index in [0.29, 0.717) is 11.1 Å². The molecule has 1 aliphatic carbocycles. The Hall–Kier alpha value is -3.23. The maximum Gasteiger partial charge on any atom is 0.285 e. The van der Waals surface area contributed by atoms with E-state index in [1.54, 1.807) is 13.1 Å². The second-order valence-corrected chi connectivity index (χ2v) is 6.85. The number of allylic oxidation sites excluding steroid dienone is 1. The second kappa shape index (κ2) is 8.64. The molecule has 1 fully saturated rings. The van der Waals surface area contributed by atoms with Gasteiger partial charge in [-0.05, 0) is 42.9 Å². The molecule has 3 rings (SSSR count). The molecule has 9 heteroatoms. The molecule has 1 aromatic rings. The number of amides is 1. The lowest BCUT2D eigenvalue weighted by Crippen LogP contribution is -2.50. The molecule has 1 aliphatic heterocycles. The van der Waals surface area contributed by atoms with Gasteiger partial charge in [-0.2, -0.15) is 0 Å². The molecule has 1 atom stereocenters. The van der Waals surface area contributed by atoms with Crippen LogP contribution in [0.25, 0.3) is 11.6 Å². The molecule has 2 aliphatic rings. The van der Waals surface area contributed by atoms with Gasteiger partial charge in [0.1, 0.15) is 11.5 Å². The number of nitrogens with zero attached hydrogens (tertiary/aromatic N) is 1. The van der Waals surface area contributed by atoms with Crippen LogP contribution in [0, 0.1) is 16.0 Å². The summed E-state index contributed by atoms with van der Waals surface area (Å²) >= 11 is 0. The van der Waals surface area contributed by atoms with Crippen molar-refractivity contribution in [3.05, 3.63) is 57.1 Å². The highest BCUT2D eigenvalue weighted by molar-refractivity contribution is 5.82. The van der Waals surface area contributed by atoms with E-state index in [4.69, 9.17) is 4.42 Å². The summed E-state index contributed by atoms with van der Waals surface area (Å²) in [6, 6.07) is 2.52. The predicted molar refractivity (Wildman–Crippen MR) is 99.7 cm³/mol. The van der Waals surface area contributed by atoms with Crippen LogP contribution in [0.2, 0.25) is 0 Å². The van der Waals surface area contributed by atoms with Crippen molar-refractivity contribution in [3.63, 3.8) is 0 Å². The number of hydrogen-bond acceptors (Lipinski definition) is 7. The number of furan rings is 1. The summed E-state index contributed by atoms with van der Waals surface area (Å²) in [6.45, 7) is 0. The molecule has 0 unspecified atom stereocenters. The standard InChI is InChI=1S/C19H24N4O5/c1-20-19(25)17(12-5-3-2-4-6-12)22-18(24)16-10-9-15(28-16)14-8-7-13(11-21-14)23(26)27/h7-12,17,21-22,24H,2-6H2,1H3,(H,20,25)/p-1/t17-/m0/s1. The summed E-state index contributed by atoms with van der Waals surface area (Å²) in [6.07, 6.45) is 9.16. The fraction of sp³-hybridized carbons (Fsp3) is 0.421. The fourth-order valence-corrected chi connectivity index (χ4v) is 3.52. The van der Waals surface area contributed by atoms with Gasteiger partial charge >= 0.3 is 0 Å². The third-order valence-corrected chi connectivity index (χ3v) is 5.04. The lowest BCUT2D eigenvalue weighted by molar-refractivity contribution is -0.419. The first-order valence-corrected chi connectivity index (χ1v) is 9.28. The number of dihydropyridines is 1. The zero-order chi connectivity index (χ0) is 20.1. The Labute approximate surface area is 161 Å². The van der Waals surface area contributed by atoms with E-state index in [9.17, 15) is 20.0 Å². The van der Waals surface area contributed by atoms with Gasteiger partial charge in [-0.1, -0.05) is 19.3 Å². The summed E-state index contributed by atoms with van der Waals surface area (Å²) in [5.41, 5.74) is 0.870. The van der Waals surface area contributed by atoms with Gasteiger partial charge in [0.2, 0.25) is 5.91 Å². The maximum atomic E-state index is 12.6. The van der Waals surface area contributed by atoms with Gasteiger partial charge in [0.15, 0.2) is 5.42 Å². The third kappa shape index (κ3) is 4.36. The molecule has 1 amide bonds. The lowest BCUT2D eigenvalue weighted by atomic mass is 9.83. The van der Waals surface area contributed by atoms with Gasteiger partial charge in [0.25, 0.3) is 5.70 Å². The van der Waals surface area contributed by atoms with Crippen LogP contribution < -0.4 is 31.9 Å². The predicted octanol–water partition coefficient (Wildman–Crippen LogP) is -0.624. The summed E-state index contributed by atoms with van der Waals surface area (Å²) in [7, 11) is 1.56. The van der Waals surface area contributed by atoms with Crippen LogP contribution in [-0.4, -0.2) is 23.9 Å². The molecule has 9 nitrogen and oxygen atoms in total. The Balaban J connectivity index is 1.83. The number of hydrogen-bond donors (Lipinski definition) is 3. The number of carbonyl (C=O) groups is 1. The van der Waals surface area contributed by atoms with Crippen LogP contribution in [0.3, 0.4) is 0 Å². The SMILES string of the molecule is CNC(=O)[C@@H](NC([O-])=c1ccc(=C2C=CC([N+](=O)[O-])=CN2)o1)C1CCCCC1. The average molecular weight is 387 g/mol. The number of nitrogens with one attached hydrogen (secondary N) is 3. The van der Waals surface area contributed by atoms with Gasteiger partial charge < -0.3 is 25.5 Å². The van der Waals surface area contributed by atoms with Crippen LogP contribution in [-0.2, 0) is 4.79 Å².